The van der Waals surface area contributed by atoms with Crippen molar-refractivity contribution in [2.45, 2.75) is 24.2 Å². The minimum absolute atomic E-state index is 0.166. The maximum absolute atomic E-state index is 12.6. The van der Waals surface area contributed by atoms with Gasteiger partial charge in [0.1, 0.15) is 0 Å². The van der Waals surface area contributed by atoms with Gasteiger partial charge in [0.15, 0.2) is 0 Å². The maximum atomic E-state index is 12.6. The van der Waals surface area contributed by atoms with E-state index in [1.54, 1.807) is 17.0 Å². The van der Waals surface area contributed by atoms with Crippen LogP contribution in [0, 0.1) is 5.92 Å². The molecule has 0 radical (unpaired) electrons. The summed E-state index contributed by atoms with van der Waals surface area (Å²) in [6.07, 6.45) is 3.07. The first-order chi connectivity index (χ1) is 10.5. The number of carbonyl (C=O) groups is 1. The molecule has 3 rings (SSSR count). The first-order valence-electron chi connectivity index (χ1n) is 7.53. The van der Waals surface area contributed by atoms with Gasteiger partial charge in [-0.05, 0) is 37.1 Å². The number of sulfonamides is 1. The molecule has 0 spiro atoms. The van der Waals surface area contributed by atoms with E-state index in [4.69, 9.17) is 11.6 Å². The first kappa shape index (κ1) is 15.8. The molecule has 0 bridgehead atoms. The van der Waals surface area contributed by atoms with Crippen LogP contribution in [0.5, 0.6) is 0 Å². The minimum Gasteiger partial charge on any atom is -0.340 e. The van der Waals surface area contributed by atoms with Crippen LogP contribution >= 0.6 is 11.6 Å². The van der Waals surface area contributed by atoms with Gasteiger partial charge in [-0.1, -0.05) is 18.0 Å². The molecule has 5 nitrogen and oxygen atoms in total. The fourth-order valence-corrected chi connectivity index (χ4v) is 4.37. The van der Waals surface area contributed by atoms with Crippen molar-refractivity contribution in [3.63, 3.8) is 0 Å². The van der Waals surface area contributed by atoms with Crippen LogP contribution in [0.4, 0.5) is 0 Å². The summed E-state index contributed by atoms with van der Waals surface area (Å²) in [7, 11) is -3.50. The molecule has 0 unspecified atom stereocenters. The third kappa shape index (κ3) is 3.00. The van der Waals surface area contributed by atoms with Gasteiger partial charge >= 0.3 is 0 Å². The highest BCUT2D eigenvalue weighted by Gasteiger charge is 2.34. The number of rotatable bonds is 3. The Labute approximate surface area is 135 Å². The fourth-order valence-electron chi connectivity index (χ4n) is 2.82. The highest BCUT2D eigenvalue weighted by atomic mass is 35.5. The Balaban J connectivity index is 1.65. The molecule has 1 saturated heterocycles. The molecule has 1 aromatic rings. The number of amides is 1. The van der Waals surface area contributed by atoms with E-state index in [2.05, 4.69) is 0 Å². The number of hydrogen-bond donors (Lipinski definition) is 0. The molecule has 0 N–H and O–H groups in total. The summed E-state index contributed by atoms with van der Waals surface area (Å²) >= 11 is 5.80. The number of hydrogen-bond acceptors (Lipinski definition) is 3. The van der Waals surface area contributed by atoms with Gasteiger partial charge < -0.3 is 4.90 Å². The SMILES string of the molecule is O=C(C1CCC1)N1CCN(S(=O)(=O)c2ccc(Cl)cc2)CC1. The van der Waals surface area contributed by atoms with Crippen molar-refractivity contribution in [2.75, 3.05) is 26.2 Å². The number of piperazine rings is 1. The normalized spacial score (nSPS) is 20.7. The minimum atomic E-state index is -3.50. The van der Waals surface area contributed by atoms with Crippen molar-refractivity contribution in [3.05, 3.63) is 29.3 Å². The molecular weight excluding hydrogens is 324 g/mol. The third-order valence-electron chi connectivity index (χ3n) is 4.46. The first-order valence-corrected chi connectivity index (χ1v) is 9.35. The smallest absolute Gasteiger partial charge is 0.243 e. The quantitative estimate of drug-likeness (QED) is 0.844. The lowest BCUT2D eigenvalue weighted by Gasteiger charge is -2.37. The molecule has 1 amide bonds. The van der Waals surface area contributed by atoms with E-state index in [9.17, 15) is 13.2 Å². The molecule has 0 aromatic heterocycles. The lowest BCUT2D eigenvalue weighted by molar-refractivity contribution is -0.139. The average molecular weight is 343 g/mol. The van der Waals surface area contributed by atoms with E-state index in [1.165, 1.54) is 16.4 Å². The van der Waals surface area contributed by atoms with E-state index in [-0.39, 0.29) is 16.7 Å². The van der Waals surface area contributed by atoms with E-state index in [1.807, 2.05) is 0 Å². The van der Waals surface area contributed by atoms with Gasteiger partial charge in [0.25, 0.3) is 0 Å². The Morgan fingerprint density at radius 2 is 1.64 bits per heavy atom. The Hall–Kier alpha value is -1.11. The lowest BCUT2D eigenvalue weighted by Crippen LogP contribution is -2.52. The van der Waals surface area contributed by atoms with E-state index in [0.717, 1.165) is 19.3 Å². The van der Waals surface area contributed by atoms with Gasteiger partial charge in [-0.2, -0.15) is 4.31 Å². The van der Waals surface area contributed by atoms with Gasteiger partial charge in [-0.15, -0.1) is 0 Å². The topological polar surface area (TPSA) is 57.7 Å². The predicted octanol–water partition coefficient (Wildman–Crippen LogP) is 1.97. The zero-order valence-electron chi connectivity index (χ0n) is 12.2. The molecule has 22 heavy (non-hydrogen) atoms. The standard InChI is InChI=1S/C15H19ClN2O3S/c16-13-4-6-14(7-5-13)22(20,21)18-10-8-17(9-11-18)15(19)12-2-1-3-12/h4-7,12H,1-3,8-11H2. The van der Waals surface area contributed by atoms with Crippen molar-refractivity contribution < 1.29 is 13.2 Å². The maximum Gasteiger partial charge on any atom is 0.243 e. The van der Waals surface area contributed by atoms with Gasteiger partial charge in [-0.25, -0.2) is 8.42 Å². The highest BCUT2D eigenvalue weighted by molar-refractivity contribution is 7.89. The van der Waals surface area contributed by atoms with Crippen molar-refractivity contribution in [1.82, 2.24) is 9.21 Å². The molecule has 2 fully saturated rings. The van der Waals surface area contributed by atoms with Crippen molar-refractivity contribution in [3.8, 4) is 0 Å². The van der Waals surface area contributed by atoms with Crippen molar-refractivity contribution >= 4 is 27.5 Å². The second-order valence-corrected chi connectivity index (χ2v) is 8.19. The molecule has 1 aliphatic carbocycles. The zero-order valence-corrected chi connectivity index (χ0v) is 13.8. The van der Waals surface area contributed by atoms with E-state index >= 15 is 0 Å². The van der Waals surface area contributed by atoms with Crippen LogP contribution in [-0.4, -0.2) is 49.7 Å². The second-order valence-electron chi connectivity index (χ2n) is 5.81. The van der Waals surface area contributed by atoms with E-state index in [0.29, 0.717) is 31.2 Å². The molecule has 1 aromatic carbocycles. The third-order valence-corrected chi connectivity index (χ3v) is 6.62. The fraction of sp³-hybridized carbons (Fsp3) is 0.533. The van der Waals surface area contributed by atoms with Crippen LogP contribution in [0.1, 0.15) is 19.3 Å². The number of benzene rings is 1. The van der Waals surface area contributed by atoms with Crippen LogP contribution in [0.3, 0.4) is 0 Å². The second kappa shape index (κ2) is 6.18. The van der Waals surface area contributed by atoms with E-state index < -0.39 is 10.0 Å². The van der Waals surface area contributed by atoms with Crippen LogP contribution in [0.15, 0.2) is 29.2 Å². The molecular formula is C15H19ClN2O3S. The van der Waals surface area contributed by atoms with Crippen molar-refractivity contribution in [1.29, 1.82) is 0 Å². The summed E-state index contributed by atoms with van der Waals surface area (Å²) in [6, 6.07) is 6.18. The monoisotopic (exact) mass is 342 g/mol. The lowest BCUT2D eigenvalue weighted by atomic mass is 9.84. The van der Waals surface area contributed by atoms with Crippen LogP contribution in [0.2, 0.25) is 5.02 Å². The van der Waals surface area contributed by atoms with Gasteiger partial charge in [0.2, 0.25) is 15.9 Å². The van der Waals surface area contributed by atoms with Crippen molar-refractivity contribution in [2.24, 2.45) is 5.92 Å². The Morgan fingerprint density at radius 1 is 1.05 bits per heavy atom. The average Bonchev–Trinajstić information content (AvgIpc) is 2.46. The largest absolute Gasteiger partial charge is 0.340 e. The van der Waals surface area contributed by atoms with Crippen LogP contribution in [-0.2, 0) is 14.8 Å². The summed E-state index contributed by atoms with van der Waals surface area (Å²) in [4.78, 5) is 14.2. The predicted molar refractivity (Wildman–Crippen MR) is 84.1 cm³/mol. The Kier molecular flexibility index (Phi) is 4.43. The summed E-state index contributed by atoms with van der Waals surface area (Å²) in [5.74, 6) is 0.356. The molecule has 1 aliphatic heterocycles. The van der Waals surface area contributed by atoms with Crippen LogP contribution < -0.4 is 0 Å². The number of nitrogens with zero attached hydrogens (tertiary/aromatic N) is 2. The molecule has 1 heterocycles. The number of carbonyl (C=O) groups excluding carboxylic acids is 1. The molecule has 2 aliphatic rings. The summed E-state index contributed by atoms with van der Waals surface area (Å²) in [5.41, 5.74) is 0. The summed E-state index contributed by atoms with van der Waals surface area (Å²) in [5, 5.41) is 0.509. The number of halogens is 1. The summed E-state index contributed by atoms with van der Waals surface area (Å²) in [6.45, 7) is 1.65. The Morgan fingerprint density at radius 3 is 2.14 bits per heavy atom. The highest BCUT2D eigenvalue weighted by Crippen LogP contribution is 2.29. The zero-order chi connectivity index (χ0) is 15.7. The van der Waals surface area contributed by atoms with Gasteiger partial charge in [0.05, 0.1) is 4.90 Å². The molecule has 7 heteroatoms. The summed E-state index contributed by atoms with van der Waals surface area (Å²) < 4.78 is 26.6. The Bertz CT molecular complexity index is 648. The molecule has 0 atom stereocenters. The molecule has 1 saturated carbocycles. The van der Waals surface area contributed by atoms with Crippen LogP contribution in [0.25, 0.3) is 0 Å². The van der Waals surface area contributed by atoms with Gasteiger partial charge in [-0.3, -0.25) is 4.79 Å². The molecule has 120 valence electrons. The van der Waals surface area contributed by atoms with Gasteiger partial charge in [0, 0.05) is 37.1 Å².